The Morgan fingerprint density at radius 1 is 1.24 bits per heavy atom. The van der Waals surface area contributed by atoms with Crippen LogP contribution in [0.2, 0.25) is 0 Å². The number of carbonyl (C=O) groups is 3. The molecule has 1 aliphatic rings. The number of piperazine rings is 1. The first kappa shape index (κ1) is 16.9. The SMILES string of the molecule is CC(=O)N1CCN(C(=O)CCn2ncc3ccccc32)CC1C(N)=O. The van der Waals surface area contributed by atoms with E-state index in [0.717, 1.165) is 10.9 Å². The molecule has 3 rings (SSSR count). The molecule has 132 valence electrons. The average Bonchev–Trinajstić information content (AvgIpc) is 3.02. The van der Waals surface area contributed by atoms with Gasteiger partial charge < -0.3 is 15.5 Å². The van der Waals surface area contributed by atoms with Crippen molar-refractivity contribution in [2.45, 2.75) is 25.9 Å². The second-order valence-corrected chi connectivity index (χ2v) is 6.15. The van der Waals surface area contributed by atoms with Gasteiger partial charge in [0.1, 0.15) is 6.04 Å². The molecule has 0 spiro atoms. The van der Waals surface area contributed by atoms with Gasteiger partial charge in [-0.3, -0.25) is 19.1 Å². The van der Waals surface area contributed by atoms with Crippen LogP contribution in [-0.4, -0.2) is 63.0 Å². The van der Waals surface area contributed by atoms with E-state index in [-0.39, 0.29) is 24.8 Å². The molecule has 1 aromatic carbocycles. The first-order chi connectivity index (χ1) is 12.0. The van der Waals surface area contributed by atoms with Crippen molar-refractivity contribution in [2.75, 3.05) is 19.6 Å². The Bertz CT molecular complexity index is 815. The number of benzene rings is 1. The first-order valence-corrected chi connectivity index (χ1v) is 8.22. The number of aryl methyl sites for hydroxylation is 1. The van der Waals surface area contributed by atoms with Gasteiger partial charge in [-0.1, -0.05) is 18.2 Å². The number of rotatable bonds is 4. The molecular formula is C17H21N5O3. The molecule has 0 bridgehead atoms. The lowest BCUT2D eigenvalue weighted by atomic mass is 10.1. The van der Waals surface area contributed by atoms with E-state index >= 15 is 0 Å². The molecule has 0 saturated carbocycles. The maximum absolute atomic E-state index is 12.5. The normalized spacial score (nSPS) is 17.7. The van der Waals surface area contributed by atoms with Gasteiger partial charge in [-0.05, 0) is 6.07 Å². The summed E-state index contributed by atoms with van der Waals surface area (Å²) in [5.41, 5.74) is 6.36. The summed E-state index contributed by atoms with van der Waals surface area (Å²) in [6.07, 6.45) is 2.05. The molecular weight excluding hydrogens is 322 g/mol. The summed E-state index contributed by atoms with van der Waals surface area (Å²) in [5, 5.41) is 5.34. The lowest BCUT2D eigenvalue weighted by Gasteiger charge is -2.39. The Morgan fingerprint density at radius 3 is 2.72 bits per heavy atom. The van der Waals surface area contributed by atoms with Gasteiger partial charge in [0.15, 0.2) is 0 Å². The fourth-order valence-corrected chi connectivity index (χ4v) is 3.19. The Balaban J connectivity index is 1.63. The molecule has 8 nitrogen and oxygen atoms in total. The summed E-state index contributed by atoms with van der Waals surface area (Å²) in [5.74, 6) is -0.876. The van der Waals surface area contributed by atoms with Crippen molar-refractivity contribution in [1.29, 1.82) is 0 Å². The van der Waals surface area contributed by atoms with Gasteiger partial charge in [0.2, 0.25) is 17.7 Å². The number of fused-ring (bicyclic) bond motifs is 1. The van der Waals surface area contributed by atoms with Crippen LogP contribution < -0.4 is 5.73 Å². The number of carbonyl (C=O) groups excluding carboxylic acids is 3. The Hall–Kier alpha value is -2.90. The van der Waals surface area contributed by atoms with Crippen LogP contribution in [0.4, 0.5) is 0 Å². The minimum absolute atomic E-state index is 0.0750. The molecule has 2 aromatic rings. The topological polar surface area (TPSA) is 102 Å². The smallest absolute Gasteiger partial charge is 0.242 e. The number of nitrogens with two attached hydrogens (primary N) is 1. The van der Waals surface area contributed by atoms with E-state index in [1.807, 2.05) is 24.3 Å². The van der Waals surface area contributed by atoms with Crippen LogP contribution >= 0.6 is 0 Å². The zero-order valence-corrected chi connectivity index (χ0v) is 14.1. The zero-order chi connectivity index (χ0) is 18.0. The molecule has 1 aromatic heterocycles. The van der Waals surface area contributed by atoms with Crippen LogP contribution in [0, 0.1) is 0 Å². The summed E-state index contributed by atoms with van der Waals surface area (Å²) in [7, 11) is 0. The Morgan fingerprint density at radius 2 is 2.00 bits per heavy atom. The van der Waals surface area contributed by atoms with Crippen LogP contribution in [0.3, 0.4) is 0 Å². The zero-order valence-electron chi connectivity index (χ0n) is 14.1. The number of aromatic nitrogens is 2. The number of para-hydroxylation sites is 1. The lowest BCUT2D eigenvalue weighted by molar-refractivity contribution is -0.146. The third-order valence-corrected chi connectivity index (χ3v) is 4.55. The summed E-state index contributed by atoms with van der Waals surface area (Å²) in [4.78, 5) is 38.7. The van der Waals surface area contributed by atoms with Crippen molar-refractivity contribution < 1.29 is 14.4 Å². The average molecular weight is 343 g/mol. The van der Waals surface area contributed by atoms with Crippen molar-refractivity contribution in [2.24, 2.45) is 5.73 Å². The molecule has 2 N–H and O–H groups in total. The number of primary amides is 1. The van der Waals surface area contributed by atoms with E-state index in [0.29, 0.717) is 19.6 Å². The van der Waals surface area contributed by atoms with E-state index in [1.165, 1.54) is 11.8 Å². The third-order valence-electron chi connectivity index (χ3n) is 4.55. The van der Waals surface area contributed by atoms with Crippen LogP contribution in [-0.2, 0) is 20.9 Å². The molecule has 0 aliphatic carbocycles. The second kappa shape index (κ2) is 6.92. The molecule has 1 aliphatic heterocycles. The van der Waals surface area contributed by atoms with E-state index in [4.69, 9.17) is 5.73 Å². The highest BCUT2D eigenvalue weighted by Crippen LogP contribution is 2.15. The van der Waals surface area contributed by atoms with Gasteiger partial charge >= 0.3 is 0 Å². The van der Waals surface area contributed by atoms with Crippen LogP contribution in [0.5, 0.6) is 0 Å². The first-order valence-electron chi connectivity index (χ1n) is 8.22. The third kappa shape index (κ3) is 3.47. The largest absolute Gasteiger partial charge is 0.368 e. The van der Waals surface area contributed by atoms with E-state index < -0.39 is 11.9 Å². The fraction of sp³-hybridized carbons (Fsp3) is 0.412. The van der Waals surface area contributed by atoms with Gasteiger partial charge in [0, 0.05) is 31.8 Å². The number of hydrogen-bond donors (Lipinski definition) is 1. The Kier molecular flexibility index (Phi) is 4.69. The van der Waals surface area contributed by atoms with Crippen molar-refractivity contribution in [3.63, 3.8) is 0 Å². The van der Waals surface area contributed by atoms with E-state index in [1.54, 1.807) is 15.8 Å². The van der Waals surface area contributed by atoms with Crippen molar-refractivity contribution >= 4 is 28.6 Å². The summed E-state index contributed by atoms with van der Waals surface area (Å²) in [6.45, 7) is 2.73. The van der Waals surface area contributed by atoms with Crippen LogP contribution in [0.15, 0.2) is 30.5 Å². The predicted octanol–water partition coefficient (Wildman–Crippen LogP) is -0.0290. The molecule has 25 heavy (non-hydrogen) atoms. The maximum atomic E-state index is 12.5. The quantitative estimate of drug-likeness (QED) is 0.842. The van der Waals surface area contributed by atoms with Gasteiger partial charge in [-0.25, -0.2) is 0 Å². The highest BCUT2D eigenvalue weighted by molar-refractivity contribution is 5.87. The van der Waals surface area contributed by atoms with Gasteiger partial charge in [-0.15, -0.1) is 0 Å². The number of amides is 3. The van der Waals surface area contributed by atoms with Gasteiger partial charge in [0.05, 0.1) is 24.8 Å². The molecule has 1 atom stereocenters. The predicted molar refractivity (Wildman–Crippen MR) is 91.3 cm³/mol. The van der Waals surface area contributed by atoms with Crippen molar-refractivity contribution in [3.8, 4) is 0 Å². The maximum Gasteiger partial charge on any atom is 0.242 e. The van der Waals surface area contributed by atoms with Crippen molar-refractivity contribution in [1.82, 2.24) is 19.6 Å². The molecule has 0 radical (unpaired) electrons. The highest BCUT2D eigenvalue weighted by Gasteiger charge is 2.34. The summed E-state index contributed by atoms with van der Waals surface area (Å²) in [6, 6.07) is 7.04. The highest BCUT2D eigenvalue weighted by atomic mass is 16.2. The monoisotopic (exact) mass is 343 g/mol. The van der Waals surface area contributed by atoms with Gasteiger partial charge in [-0.2, -0.15) is 5.10 Å². The second-order valence-electron chi connectivity index (χ2n) is 6.15. The summed E-state index contributed by atoms with van der Waals surface area (Å²) >= 11 is 0. The minimum atomic E-state index is -0.763. The summed E-state index contributed by atoms with van der Waals surface area (Å²) < 4.78 is 1.80. The molecule has 3 amide bonds. The molecule has 1 fully saturated rings. The number of hydrogen-bond acceptors (Lipinski definition) is 4. The van der Waals surface area contributed by atoms with Gasteiger partial charge in [0.25, 0.3) is 0 Å². The Labute approximate surface area is 145 Å². The molecule has 1 saturated heterocycles. The fourth-order valence-electron chi connectivity index (χ4n) is 3.19. The minimum Gasteiger partial charge on any atom is -0.368 e. The molecule has 2 heterocycles. The lowest BCUT2D eigenvalue weighted by Crippen LogP contribution is -2.60. The molecule has 1 unspecified atom stereocenters. The van der Waals surface area contributed by atoms with Crippen LogP contribution in [0.1, 0.15) is 13.3 Å². The van der Waals surface area contributed by atoms with Crippen LogP contribution in [0.25, 0.3) is 10.9 Å². The molecule has 8 heteroatoms. The number of nitrogens with zero attached hydrogens (tertiary/aromatic N) is 4. The van der Waals surface area contributed by atoms with Crippen molar-refractivity contribution in [3.05, 3.63) is 30.5 Å². The van der Waals surface area contributed by atoms with E-state index in [9.17, 15) is 14.4 Å². The van der Waals surface area contributed by atoms with E-state index in [2.05, 4.69) is 5.10 Å². The standard InChI is InChI=1S/C17H21N5O3/c1-12(23)21-9-8-20(11-15(21)17(18)25)16(24)6-7-22-14-5-3-2-4-13(14)10-19-22/h2-5,10,15H,6-9,11H2,1H3,(H2,18,25).